The Morgan fingerprint density at radius 1 is 1.24 bits per heavy atom. The van der Waals surface area contributed by atoms with Crippen LogP contribution in [0.2, 0.25) is 0 Å². The predicted molar refractivity (Wildman–Crippen MR) is 116 cm³/mol. The molecule has 1 saturated carbocycles. The number of hydrogen-bond donors (Lipinski definition) is 1. The van der Waals surface area contributed by atoms with E-state index in [9.17, 15) is 4.79 Å². The molecule has 3 nitrogen and oxygen atoms in total. The monoisotopic (exact) mass is 392 g/mol. The molecule has 0 heterocycles. The normalized spacial score (nSPS) is 35.7. The van der Waals surface area contributed by atoms with Gasteiger partial charge < -0.3 is 9.84 Å². The van der Waals surface area contributed by atoms with E-state index >= 15 is 0 Å². The maximum Gasteiger partial charge on any atom is 0.306 e. The van der Waals surface area contributed by atoms with E-state index in [1.165, 1.54) is 0 Å². The molecule has 0 bridgehead atoms. The van der Waals surface area contributed by atoms with Crippen molar-refractivity contribution < 1.29 is 14.6 Å². The summed E-state index contributed by atoms with van der Waals surface area (Å²) in [5.41, 5.74) is 2.85. The lowest BCUT2D eigenvalue weighted by Gasteiger charge is -2.34. The number of carboxylic acids is 1. The lowest BCUT2D eigenvalue weighted by molar-refractivity contribution is -0.141. The van der Waals surface area contributed by atoms with E-state index in [0.717, 1.165) is 31.4 Å². The number of ether oxygens (including phenoxy) is 1. The molecule has 0 amide bonds. The summed E-state index contributed by atoms with van der Waals surface area (Å²) < 4.78 is 6.24. The van der Waals surface area contributed by atoms with Gasteiger partial charge in [-0.15, -0.1) is 0 Å². The second-order valence-corrected chi connectivity index (χ2v) is 9.16. The zero-order valence-corrected chi connectivity index (χ0v) is 17.5. The largest absolute Gasteiger partial charge is 0.481 e. The van der Waals surface area contributed by atoms with Crippen molar-refractivity contribution in [2.45, 2.75) is 45.6 Å². The third kappa shape index (κ3) is 3.98. The van der Waals surface area contributed by atoms with Crippen LogP contribution in [0.25, 0.3) is 0 Å². The highest BCUT2D eigenvalue weighted by Crippen LogP contribution is 2.59. The van der Waals surface area contributed by atoms with Gasteiger partial charge in [0.15, 0.2) is 0 Å². The quantitative estimate of drug-likeness (QED) is 0.610. The number of hydrogen-bond acceptors (Lipinski definition) is 2. The van der Waals surface area contributed by atoms with Gasteiger partial charge in [-0.05, 0) is 48.9 Å². The van der Waals surface area contributed by atoms with Crippen LogP contribution < -0.4 is 0 Å². The maximum atomic E-state index is 11.0. The Balaban J connectivity index is 1.34. The third-order valence-electron chi connectivity index (χ3n) is 7.29. The first-order valence-electron chi connectivity index (χ1n) is 10.9. The van der Waals surface area contributed by atoms with Crippen LogP contribution in [0.15, 0.2) is 71.9 Å². The fraction of sp³-hybridized carbons (Fsp3) is 0.500. The van der Waals surface area contributed by atoms with E-state index in [0.29, 0.717) is 24.2 Å². The van der Waals surface area contributed by atoms with Crippen molar-refractivity contribution >= 4 is 5.97 Å². The van der Waals surface area contributed by atoms with E-state index in [-0.39, 0.29) is 17.4 Å². The summed E-state index contributed by atoms with van der Waals surface area (Å²) in [6, 6.07) is 0. The molecular formula is C26H32O3. The van der Waals surface area contributed by atoms with Gasteiger partial charge in [0, 0.05) is 6.61 Å². The molecule has 0 saturated heterocycles. The zero-order valence-electron chi connectivity index (χ0n) is 17.5. The molecular weight excluding hydrogens is 360 g/mol. The molecule has 0 spiro atoms. The molecule has 0 aromatic carbocycles. The summed E-state index contributed by atoms with van der Waals surface area (Å²) in [6.07, 6.45) is 26.1. The van der Waals surface area contributed by atoms with Gasteiger partial charge in [-0.25, -0.2) is 0 Å². The van der Waals surface area contributed by atoms with E-state index in [1.54, 1.807) is 12.5 Å². The number of allylic oxidation sites excluding steroid dienone is 10. The van der Waals surface area contributed by atoms with Crippen molar-refractivity contribution in [2.75, 3.05) is 6.61 Å². The SMILES string of the molecule is CC(CC1=CCC(OCCC2(C)C3=CC=CCC3C3C=CC=CC32)C=C1)C(=O)O. The van der Waals surface area contributed by atoms with E-state index < -0.39 is 5.97 Å². The van der Waals surface area contributed by atoms with Crippen LogP contribution in [0.3, 0.4) is 0 Å². The molecule has 0 aromatic heterocycles. The number of carbonyl (C=O) groups is 1. The van der Waals surface area contributed by atoms with Crippen LogP contribution in [0, 0.1) is 29.1 Å². The fourth-order valence-electron chi connectivity index (χ4n) is 5.56. The average Bonchev–Trinajstić information content (AvgIpc) is 2.99. The Bertz CT molecular complexity index is 825. The Morgan fingerprint density at radius 3 is 2.83 bits per heavy atom. The first-order valence-corrected chi connectivity index (χ1v) is 10.9. The van der Waals surface area contributed by atoms with Crippen LogP contribution in [0.1, 0.15) is 39.5 Å². The second-order valence-electron chi connectivity index (χ2n) is 9.16. The standard InChI is InChI=1S/C26H32O3/c1-18(25(27)28)17-19-11-13-20(14-12-19)29-16-15-26(2)23-9-5-3-7-21(23)22-8-4-6-10-24(22)26/h3-7,9-13,18,20-23H,8,14-17H2,1-2H3,(H,27,28). The van der Waals surface area contributed by atoms with Gasteiger partial charge in [-0.3, -0.25) is 4.79 Å². The van der Waals surface area contributed by atoms with Crippen LogP contribution in [0.5, 0.6) is 0 Å². The maximum absolute atomic E-state index is 11.0. The molecule has 1 N–H and O–H groups in total. The van der Waals surface area contributed by atoms with Gasteiger partial charge in [-0.1, -0.05) is 85.8 Å². The number of fused-ring (bicyclic) bond motifs is 3. The summed E-state index contributed by atoms with van der Waals surface area (Å²) in [4.78, 5) is 11.0. The average molecular weight is 393 g/mol. The number of carboxylic acid groups (broad SMARTS) is 1. The molecule has 4 aliphatic carbocycles. The Hall–Kier alpha value is -2.13. The second kappa shape index (κ2) is 8.31. The molecule has 4 rings (SSSR count). The van der Waals surface area contributed by atoms with Crippen LogP contribution in [0.4, 0.5) is 0 Å². The van der Waals surface area contributed by atoms with Crippen molar-refractivity contribution in [3.8, 4) is 0 Å². The molecule has 29 heavy (non-hydrogen) atoms. The molecule has 0 radical (unpaired) electrons. The van der Waals surface area contributed by atoms with Crippen molar-refractivity contribution in [1.29, 1.82) is 0 Å². The Labute approximate surface area is 174 Å². The van der Waals surface area contributed by atoms with Crippen molar-refractivity contribution in [3.05, 3.63) is 71.9 Å². The first kappa shape index (κ1) is 20.2. The first-order chi connectivity index (χ1) is 14.0. The minimum absolute atomic E-state index is 0.0949. The van der Waals surface area contributed by atoms with Crippen molar-refractivity contribution in [3.63, 3.8) is 0 Å². The minimum atomic E-state index is -0.738. The van der Waals surface area contributed by atoms with Crippen molar-refractivity contribution in [1.82, 2.24) is 0 Å². The molecule has 1 fully saturated rings. The van der Waals surface area contributed by atoms with Crippen LogP contribution >= 0.6 is 0 Å². The van der Waals surface area contributed by atoms with Gasteiger partial charge >= 0.3 is 5.97 Å². The highest BCUT2D eigenvalue weighted by atomic mass is 16.5. The van der Waals surface area contributed by atoms with Gasteiger partial charge in [-0.2, -0.15) is 0 Å². The summed E-state index contributed by atoms with van der Waals surface area (Å²) >= 11 is 0. The summed E-state index contributed by atoms with van der Waals surface area (Å²) in [6.45, 7) is 4.92. The van der Waals surface area contributed by atoms with Gasteiger partial charge in [0.2, 0.25) is 0 Å². The van der Waals surface area contributed by atoms with E-state index in [1.807, 2.05) is 6.08 Å². The predicted octanol–water partition coefficient (Wildman–Crippen LogP) is 5.64. The molecule has 6 atom stereocenters. The topological polar surface area (TPSA) is 46.5 Å². The Morgan fingerprint density at radius 2 is 2.07 bits per heavy atom. The fourth-order valence-corrected chi connectivity index (χ4v) is 5.56. The van der Waals surface area contributed by atoms with Gasteiger partial charge in [0.1, 0.15) is 0 Å². The zero-order chi connectivity index (χ0) is 20.4. The molecule has 154 valence electrons. The number of aliphatic carboxylic acids is 1. The van der Waals surface area contributed by atoms with E-state index in [2.05, 4.69) is 61.6 Å². The lowest BCUT2D eigenvalue weighted by Crippen LogP contribution is -2.28. The highest BCUT2D eigenvalue weighted by Gasteiger charge is 2.52. The third-order valence-corrected chi connectivity index (χ3v) is 7.29. The molecule has 0 aliphatic heterocycles. The Kier molecular flexibility index (Phi) is 5.78. The van der Waals surface area contributed by atoms with Gasteiger partial charge in [0.25, 0.3) is 0 Å². The van der Waals surface area contributed by atoms with Crippen LogP contribution in [-0.2, 0) is 9.53 Å². The molecule has 6 unspecified atom stereocenters. The van der Waals surface area contributed by atoms with E-state index in [4.69, 9.17) is 9.84 Å². The number of rotatable bonds is 7. The molecule has 4 aliphatic rings. The summed E-state index contributed by atoms with van der Waals surface area (Å²) in [5.74, 6) is 0.711. The van der Waals surface area contributed by atoms with Gasteiger partial charge in [0.05, 0.1) is 12.0 Å². The molecule has 0 aromatic rings. The summed E-state index contributed by atoms with van der Waals surface area (Å²) in [7, 11) is 0. The summed E-state index contributed by atoms with van der Waals surface area (Å²) in [5, 5.41) is 9.08. The lowest BCUT2D eigenvalue weighted by atomic mass is 9.71. The molecule has 3 heteroatoms. The van der Waals surface area contributed by atoms with Crippen LogP contribution in [-0.4, -0.2) is 23.8 Å². The minimum Gasteiger partial charge on any atom is -0.481 e. The highest BCUT2D eigenvalue weighted by molar-refractivity contribution is 5.70. The van der Waals surface area contributed by atoms with Crippen molar-refractivity contribution in [2.24, 2.45) is 29.1 Å². The smallest absolute Gasteiger partial charge is 0.306 e.